The minimum atomic E-state index is -0.275. The maximum atomic E-state index is 11.6. The summed E-state index contributed by atoms with van der Waals surface area (Å²) in [7, 11) is 1.41. The summed E-state index contributed by atoms with van der Waals surface area (Å²) >= 11 is 0. The summed E-state index contributed by atoms with van der Waals surface area (Å²) in [5, 5.41) is 3.37. The first-order valence-electron chi connectivity index (χ1n) is 6.31. The zero-order valence-electron chi connectivity index (χ0n) is 11.7. The van der Waals surface area contributed by atoms with Gasteiger partial charge in [-0.05, 0) is 30.0 Å². The van der Waals surface area contributed by atoms with Crippen LogP contribution in [0.5, 0.6) is 0 Å². The Bertz CT molecular complexity index is 394. The Kier molecular flexibility index (Phi) is 5.35. The van der Waals surface area contributed by atoms with Crippen LogP contribution in [0.2, 0.25) is 0 Å². The maximum Gasteiger partial charge on any atom is 0.338 e. The summed E-state index contributed by atoms with van der Waals surface area (Å²) in [6.07, 6.45) is 1.10. The molecule has 0 heterocycles. The molecule has 1 aromatic carbocycles. The second kappa shape index (κ2) is 6.55. The van der Waals surface area contributed by atoms with Gasteiger partial charge in [-0.3, -0.25) is 0 Å². The molecule has 0 saturated carbocycles. The van der Waals surface area contributed by atoms with Gasteiger partial charge in [0.1, 0.15) is 0 Å². The Morgan fingerprint density at radius 1 is 1.28 bits per heavy atom. The van der Waals surface area contributed by atoms with Crippen LogP contribution in [-0.4, -0.2) is 19.6 Å². The van der Waals surface area contributed by atoms with E-state index < -0.39 is 0 Å². The van der Waals surface area contributed by atoms with Gasteiger partial charge in [-0.25, -0.2) is 4.79 Å². The van der Waals surface area contributed by atoms with Crippen LogP contribution >= 0.6 is 0 Å². The molecule has 1 N–H and O–H groups in total. The summed E-state index contributed by atoms with van der Waals surface area (Å²) < 4.78 is 4.77. The van der Waals surface area contributed by atoms with Crippen molar-refractivity contribution in [3.8, 4) is 0 Å². The highest BCUT2D eigenvalue weighted by atomic mass is 16.5. The van der Waals surface area contributed by atoms with Crippen molar-refractivity contribution in [3.05, 3.63) is 35.4 Å². The number of esters is 1. The summed E-state index contributed by atoms with van der Waals surface area (Å²) in [6, 6.07) is 7.54. The van der Waals surface area contributed by atoms with Crippen molar-refractivity contribution in [2.24, 2.45) is 5.41 Å². The highest BCUT2D eigenvalue weighted by Crippen LogP contribution is 2.17. The van der Waals surface area contributed by atoms with E-state index in [1.165, 1.54) is 7.11 Å². The highest BCUT2D eigenvalue weighted by Gasteiger charge is 2.11. The minimum absolute atomic E-state index is 0.275. The smallest absolute Gasteiger partial charge is 0.338 e. The van der Waals surface area contributed by atoms with Crippen molar-refractivity contribution in [1.82, 2.24) is 5.32 Å². The summed E-state index contributed by atoms with van der Waals surface area (Å²) in [5.74, 6) is -0.275. The predicted octanol–water partition coefficient (Wildman–Crippen LogP) is 3.00. The number of hydrogen-bond acceptors (Lipinski definition) is 3. The molecule has 0 spiro atoms. The molecule has 0 aromatic heterocycles. The number of hydrogen-bond donors (Lipinski definition) is 1. The van der Waals surface area contributed by atoms with Crippen LogP contribution in [0, 0.1) is 5.41 Å². The molecular formula is C15H23NO2. The number of methoxy groups -OCH3 is 1. The summed E-state index contributed by atoms with van der Waals surface area (Å²) in [6.45, 7) is 8.30. The molecule has 0 aliphatic heterocycles. The third kappa shape index (κ3) is 4.88. The third-order valence-electron chi connectivity index (χ3n) is 2.79. The van der Waals surface area contributed by atoms with Crippen LogP contribution in [-0.2, 0) is 11.3 Å². The molecule has 3 heteroatoms. The topological polar surface area (TPSA) is 38.3 Å². The number of rotatable bonds is 5. The van der Waals surface area contributed by atoms with Crippen LogP contribution in [0.25, 0.3) is 0 Å². The molecule has 0 atom stereocenters. The van der Waals surface area contributed by atoms with E-state index in [9.17, 15) is 4.79 Å². The Morgan fingerprint density at radius 2 is 1.94 bits per heavy atom. The molecule has 100 valence electrons. The third-order valence-corrected chi connectivity index (χ3v) is 2.79. The van der Waals surface area contributed by atoms with Crippen LogP contribution < -0.4 is 5.32 Å². The van der Waals surface area contributed by atoms with Crippen molar-refractivity contribution >= 4 is 5.97 Å². The van der Waals surface area contributed by atoms with E-state index in [4.69, 9.17) is 4.74 Å². The van der Waals surface area contributed by atoms with Gasteiger partial charge in [0.2, 0.25) is 0 Å². The maximum absolute atomic E-state index is 11.6. The van der Waals surface area contributed by atoms with E-state index in [0.717, 1.165) is 18.5 Å². The lowest BCUT2D eigenvalue weighted by Crippen LogP contribution is -2.21. The molecule has 1 aromatic rings. The average molecular weight is 249 g/mol. The van der Waals surface area contributed by atoms with Crippen molar-refractivity contribution in [3.63, 3.8) is 0 Å². The zero-order valence-corrected chi connectivity index (χ0v) is 11.7. The number of carbonyl (C=O) groups excluding carboxylic acids is 1. The van der Waals surface area contributed by atoms with Gasteiger partial charge in [-0.2, -0.15) is 0 Å². The van der Waals surface area contributed by atoms with Gasteiger partial charge in [0.05, 0.1) is 12.7 Å². The first kappa shape index (κ1) is 14.7. The minimum Gasteiger partial charge on any atom is -0.465 e. The number of nitrogens with one attached hydrogen (secondary N) is 1. The lowest BCUT2D eigenvalue weighted by Gasteiger charge is -2.18. The normalized spacial score (nSPS) is 11.3. The van der Waals surface area contributed by atoms with Crippen LogP contribution in [0.3, 0.4) is 0 Å². The largest absolute Gasteiger partial charge is 0.465 e. The zero-order chi connectivity index (χ0) is 13.6. The standard InChI is InChI=1S/C15H23NO2/c1-15(2,3)9-10-16-11-12-7-5-6-8-13(12)14(17)18-4/h5-8,16H,9-11H2,1-4H3. The lowest BCUT2D eigenvalue weighted by atomic mass is 9.92. The second-order valence-electron chi connectivity index (χ2n) is 5.64. The number of ether oxygens (including phenoxy) is 1. The van der Waals surface area contributed by atoms with Crippen molar-refractivity contribution in [2.75, 3.05) is 13.7 Å². The molecule has 0 aliphatic carbocycles. The van der Waals surface area contributed by atoms with E-state index in [0.29, 0.717) is 17.5 Å². The van der Waals surface area contributed by atoms with E-state index >= 15 is 0 Å². The molecule has 3 nitrogen and oxygen atoms in total. The lowest BCUT2D eigenvalue weighted by molar-refractivity contribution is 0.0599. The molecule has 0 aliphatic rings. The monoisotopic (exact) mass is 249 g/mol. The second-order valence-corrected chi connectivity index (χ2v) is 5.64. The number of benzene rings is 1. The fraction of sp³-hybridized carbons (Fsp3) is 0.533. The Hall–Kier alpha value is -1.35. The first-order valence-corrected chi connectivity index (χ1v) is 6.31. The summed E-state index contributed by atoms with van der Waals surface area (Å²) in [4.78, 5) is 11.6. The average Bonchev–Trinajstić information content (AvgIpc) is 2.33. The van der Waals surface area contributed by atoms with Crippen molar-refractivity contribution in [2.45, 2.75) is 33.7 Å². The van der Waals surface area contributed by atoms with Crippen LogP contribution in [0.1, 0.15) is 43.1 Å². The number of carbonyl (C=O) groups is 1. The van der Waals surface area contributed by atoms with Gasteiger partial charge >= 0.3 is 5.97 Å². The first-order chi connectivity index (χ1) is 8.44. The molecular weight excluding hydrogens is 226 g/mol. The molecule has 0 fully saturated rings. The van der Waals surface area contributed by atoms with E-state index in [1.807, 2.05) is 18.2 Å². The van der Waals surface area contributed by atoms with Crippen molar-refractivity contribution in [1.29, 1.82) is 0 Å². The van der Waals surface area contributed by atoms with Gasteiger partial charge in [-0.15, -0.1) is 0 Å². The van der Waals surface area contributed by atoms with Gasteiger partial charge in [0.25, 0.3) is 0 Å². The van der Waals surface area contributed by atoms with Gasteiger partial charge in [-0.1, -0.05) is 39.0 Å². The quantitative estimate of drug-likeness (QED) is 0.644. The molecule has 0 radical (unpaired) electrons. The van der Waals surface area contributed by atoms with Crippen LogP contribution in [0.15, 0.2) is 24.3 Å². The van der Waals surface area contributed by atoms with E-state index in [2.05, 4.69) is 26.1 Å². The Labute approximate surface area is 110 Å². The van der Waals surface area contributed by atoms with Gasteiger partial charge in [0.15, 0.2) is 0 Å². The fourth-order valence-corrected chi connectivity index (χ4v) is 1.67. The molecule has 18 heavy (non-hydrogen) atoms. The van der Waals surface area contributed by atoms with E-state index in [1.54, 1.807) is 6.07 Å². The highest BCUT2D eigenvalue weighted by molar-refractivity contribution is 5.90. The molecule has 0 amide bonds. The molecule has 0 saturated heterocycles. The Balaban J connectivity index is 2.54. The predicted molar refractivity (Wildman–Crippen MR) is 73.6 cm³/mol. The molecule has 1 rings (SSSR count). The van der Waals surface area contributed by atoms with Gasteiger partial charge < -0.3 is 10.1 Å². The van der Waals surface area contributed by atoms with Crippen LogP contribution in [0.4, 0.5) is 0 Å². The van der Waals surface area contributed by atoms with E-state index in [-0.39, 0.29) is 5.97 Å². The fourth-order valence-electron chi connectivity index (χ4n) is 1.67. The Morgan fingerprint density at radius 3 is 2.56 bits per heavy atom. The molecule has 0 unspecified atom stereocenters. The van der Waals surface area contributed by atoms with Gasteiger partial charge in [0, 0.05) is 6.54 Å². The van der Waals surface area contributed by atoms with Crippen molar-refractivity contribution < 1.29 is 9.53 Å². The SMILES string of the molecule is COC(=O)c1ccccc1CNCCC(C)(C)C. The summed E-state index contributed by atoms with van der Waals surface area (Å²) in [5.41, 5.74) is 1.95. The molecule has 0 bridgehead atoms.